The summed E-state index contributed by atoms with van der Waals surface area (Å²) in [5.74, 6) is -0.114. The van der Waals surface area contributed by atoms with Gasteiger partial charge in [-0.3, -0.25) is 0 Å². The largest absolute Gasteiger partial charge is 0.463 e. The lowest BCUT2D eigenvalue weighted by molar-refractivity contribution is 0.0586. The SMILES string of the molecule is COC(=O)c1nc(Cl)c(I)c(CC(C)C)n1. The number of ether oxygens (including phenoxy) is 1. The molecule has 0 spiro atoms. The Labute approximate surface area is 113 Å². The monoisotopic (exact) mass is 354 g/mol. The minimum Gasteiger partial charge on any atom is -0.463 e. The van der Waals surface area contributed by atoms with E-state index in [4.69, 9.17) is 11.6 Å². The first-order valence-electron chi connectivity index (χ1n) is 4.76. The second kappa shape index (κ2) is 5.77. The Morgan fingerprint density at radius 2 is 2.12 bits per heavy atom. The molecule has 88 valence electrons. The Kier molecular flexibility index (Phi) is 4.91. The second-order valence-electron chi connectivity index (χ2n) is 3.69. The lowest BCUT2D eigenvalue weighted by Gasteiger charge is -2.08. The molecule has 16 heavy (non-hydrogen) atoms. The summed E-state index contributed by atoms with van der Waals surface area (Å²) in [7, 11) is 1.29. The summed E-state index contributed by atoms with van der Waals surface area (Å²) in [5, 5.41) is 0.298. The van der Waals surface area contributed by atoms with Gasteiger partial charge in [-0.05, 0) is 34.9 Å². The number of nitrogens with zero attached hydrogens (tertiary/aromatic N) is 2. The molecule has 0 radical (unpaired) electrons. The Bertz CT molecular complexity index is 410. The lowest BCUT2D eigenvalue weighted by atomic mass is 10.1. The van der Waals surface area contributed by atoms with E-state index >= 15 is 0 Å². The van der Waals surface area contributed by atoms with Crippen LogP contribution in [0.1, 0.15) is 30.2 Å². The van der Waals surface area contributed by atoms with Crippen LogP contribution in [0.2, 0.25) is 5.15 Å². The van der Waals surface area contributed by atoms with Gasteiger partial charge in [0.1, 0.15) is 5.15 Å². The Morgan fingerprint density at radius 1 is 1.50 bits per heavy atom. The minimum absolute atomic E-state index is 0.0172. The van der Waals surface area contributed by atoms with Gasteiger partial charge < -0.3 is 4.74 Å². The topological polar surface area (TPSA) is 52.1 Å². The van der Waals surface area contributed by atoms with Gasteiger partial charge in [-0.1, -0.05) is 25.4 Å². The van der Waals surface area contributed by atoms with E-state index in [0.717, 1.165) is 15.7 Å². The highest BCUT2D eigenvalue weighted by Gasteiger charge is 2.16. The first-order chi connectivity index (χ1) is 7.45. The zero-order valence-corrected chi connectivity index (χ0v) is 12.2. The molecule has 0 aliphatic rings. The van der Waals surface area contributed by atoms with Crippen LogP contribution in [0.4, 0.5) is 0 Å². The number of carbonyl (C=O) groups is 1. The van der Waals surface area contributed by atoms with Crippen molar-refractivity contribution in [2.45, 2.75) is 20.3 Å². The van der Waals surface area contributed by atoms with Crippen LogP contribution < -0.4 is 0 Å². The minimum atomic E-state index is -0.566. The summed E-state index contributed by atoms with van der Waals surface area (Å²) in [6, 6.07) is 0. The smallest absolute Gasteiger partial charge is 0.376 e. The molecule has 0 saturated heterocycles. The van der Waals surface area contributed by atoms with Crippen LogP contribution in [0.5, 0.6) is 0 Å². The molecular formula is C10H12ClIN2O2. The molecule has 0 saturated carbocycles. The molecular weight excluding hydrogens is 342 g/mol. The molecule has 0 bridgehead atoms. The highest BCUT2D eigenvalue weighted by Crippen LogP contribution is 2.21. The summed E-state index contributed by atoms with van der Waals surface area (Å²) in [6.45, 7) is 4.15. The quantitative estimate of drug-likeness (QED) is 0.476. The number of carbonyl (C=O) groups excluding carboxylic acids is 1. The van der Waals surface area contributed by atoms with Crippen LogP contribution in [-0.4, -0.2) is 23.0 Å². The van der Waals surface area contributed by atoms with Crippen molar-refractivity contribution in [2.75, 3.05) is 7.11 Å². The highest BCUT2D eigenvalue weighted by molar-refractivity contribution is 14.1. The molecule has 0 amide bonds. The molecule has 1 heterocycles. The van der Waals surface area contributed by atoms with Gasteiger partial charge in [-0.2, -0.15) is 0 Å². The lowest BCUT2D eigenvalue weighted by Crippen LogP contribution is -2.12. The van der Waals surface area contributed by atoms with Crippen LogP contribution in [0, 0.1) is 9.49 Å². The van der Waals surface area contributed by atoms with Crippen LogP contribution in [0.25, 0.3) is 0 Å². The fourth-order valence-electron chi connectivity index (χ4n) is 1.17. The molecule has 0 fully saturated rings. The molecule has 1 rings (SSSR count). The average molecular weight is 355 g/mol. The van der Waals surface area contributed by atoms with Crippen molar-refractivity contribution in [2.24, 2.45) is 5.92 Å². The van der Waals surface area contributed by atoms with Crippen molar-refractivity contribution in [3.05, 3.63) is 20.2 Å². The van der Waals surface area contributed by atoms with Crippen LogP contribution in [-0.2, 0) is 11.2 Å². The molecule has 1 aromatic rings. The maximum Gasteiger partial charge on any atom is 0.376 e. The first-order valence-corrected chi connectivity index (χ1v) is 6.21. The van der Waals surface area contributed by atoms with Crippen molar-refractivity contribution in [1.82, 2.24) is 9.97 Å². The number of halogens is 2. The molecule has 0 aromatic carbocycles. The Hall–Kier alpha value is -0.430. The van der Waals surface area contributed by atoms with Gasteiger partial charge in [0.2, 0.25) is 5.82 Å². The van der Waals surface area contributed by atoms with Gasteiger partial charge in [0, 0.05) is 0 Å². The third-order valence-corrected chi connectivity index (χ3v) is 3.57. The number of methoxy groups -OCH3 is 1. The molecule has 0 atom stereocenters. The zero-order valence-electron chi connectivity index (χ0n) is 9.25. The molecule has 1 aromatic heterocycles. The summed E-state index contributed by atoms with van der Waals surface area (Å²) in [4.78, 5) is 19.4. The summed E-state index contributed by atoms with van der Waals surface area (Å²) >= 11 is 8.02. The fourth-order valence-corrected chi connectivity index (χ4v) is 1.82. The molecule has 0 N–H and O–H groups in total. The Balaban J connectivity index is 3.16. The summed E-state index contributed by atoms with van der Waals surface area (Å²) in [6.07, 6.45) is 0.754. The van der Waals surface area contributed by atoms with E-state index in [2.05, 4.69) is 51.1 Å². The van der Waals surface area contributed by atoms with Crippen molar-refractivity contribution in [3.63, 3.8) is 0 Å². The normalized spacial score (nSPS) is 10.6. The maximum atomic E-state index is 11.3. The highest BCUT2D eigenvalue weighted by atomic mass is 127. The van der Waals surface area contributed by atoms with E-state index in [1.165, 1.54) is 7.11 Å². The number of hydrogen-bond acceptors (Lipinski definition) is 4. The molecule has 0 aliphatic heterocycles. The van der Waals surface area contributed by atoms with Gasteiger partial charge in [-0.25, -0.2) is 14.8 Å². The van der Waals surface area contributed by atoms with Gasteiger partial charge >= 0.3 is 5.97 Å². The van der Waals surface area contributed by atoms with Crippen LogP contribution in [0.15, 0.2) is 0 Å². The van der Waals surface area contributed by atoms with E-state index in [9.17, 15) is 4.79 Å². The second-order valence-corrected chi connectivity index (χ2v) is 5.13. The van der Waals surface area contributed by atoms with Gasteiger partial charge in [-0.15, -0.1) is 0 Å². The van der Waals surface area contributed by atoms with Crippen molar-refractivity contribution in [3.8, 4) is 0 Å². The number of hydrogen-bond donors (Lipinski definition) is 0. The van der Waals surface area contributed by atoms with Crippen molar-refractivity contribution < 1.29 is 9.53 Å². The molecule has 6 heteroatoms. The standard InChI is InChI=1S/C10H12ClIN2O2/c1-5(2)4-6-7(12)8(11)14-9(13-6)10(15)16-3/h5H,4H2,1-3H3. The third-order valence-electron chi connectivity index (χ3n) is 1.85. The van der Waals surface area contributed by atoms with Crippen LogP contribution >= 0.6 is 34.2 Å². The van der Waals surface area contributed by atoms with Gasteiger partial charge in [0.05, 0.1) is 16.4 Å². The van der Waals surface area contributed by atoms with Crippen molar-refractivity contribution >= 4 is 40.2 Å². The van der Waals surface area contributed by atoms with E-state index in [1.54, 1.807) is 0 Å². The summed E-state index contributed by atoms with van der Waals surface area (Å²) in [5.41, 5.74) is 0.788. The third kappa shape index (κ3) is 3.28. The molecule has 4 nitrogen and oxygen atoms in total. The zero-order chi connectivity index (χ0) is 12.3. The maximum absolute atomic E-state index is 11.3. The average Bonchev–Trinajstić information content (AvgIpc) is 2.22. The molecule has 0 unspecified atom stereocenters. The number of esters is 1. The van der Waals surface area contributed by atoms with E-state index in [1.807, 2.05) is 0 Å². The first kappa shape index (κ1) is 13.6. The van der Waals surface area contributed by atoms with Crippen molar-refractivity contribution in [1.29, 1.82) is 0 Å². The van der Waals surface area contributed by atoms with Gasteiger partial charge in [0.15, 0.2) is 0 Å². The predicted molar refractivity (Wildman–Crippen MR) is 69.6 cm³/mol. The van der Waals surface area contributed by atoms with Gasteiger partial charge in [0.25, 0.3) is 0 Å². The number of rotatable bonds is 3. The van der Waals surface area contributed by atoms with Crippen LogP contribution in [0.3, 0.4) is 0 Å². The van der Waals surface area contributed by atoms with E-state index < -0.39 is 5.97 Å². The summed E-state index contributed by atoms with van der Waals surface area (Å²) < 4.78 is 5.36. The Morgan fingerprint density at radius 3 is 2.62 bits per heavy atom. The predicted octanol–water partition coefficient (Wildman–Crippen LogP) is 2.72. The van der Waals surface area contributed by atoms with E-state index in [0.29, 0.717) is 11.1 Å². The van der Waals surface area contributed by atoms with E-state index in [-0.39, 0.29) is 5.82 Å². The fraction of sp³-hybridized carbons (Fsp3) is 0.500. The number of aromatic nitrogens is 2. The molecule has 0 aliphatic carbocycles.